The van der Waals surface area contributed by atoms with Crippen molar-refractivity contribution in [2.45, 2.75) is 163 Å². The number of hydrogen-bond acceptors (Lipinski definition) is 14. The molecule has 0 amide bonds. The second kappa shape index (κ2) is 19.9. The van der Waals surface area contributed by atoms with Crippen molar-refractivity contribution >= 4 is 35.5 Å². The van der Waals surface area contributed by atoms with E-state index in [1.54, 1.807) is 133 Å². The van der Waals surface area contributed by atoms with E-state index in [0.717, 1.165) is 5.56 Å². The highest BCUT2D eigenvalue weighted by Gasteiger charge is 2.37. The lowest BCUT2D eigenvalue weighted by molar-refractivity contribution is -0.171. The molecule has 1 aromatic carbocycles. The van der Waals surface area contributed by atoms with Gasteiger partial charge in [-0.25, -0.2) is 9.59 Å². The maximum atomic E-state index is 13.4. The van der Waals surface area contributed by atoms with Gasteiger partial charge in [0, 0.05) is 30.9 Å². The van der Waals surface area contributed by atoms with Crippen molar-refractivity contribution in [2.75, 3.05) is 38.5 Å². The first kappa shape index (κ1) is 49.3. The minimum Gasteiger partial charge on any atom is -0.459 e. The van der Waals surface area contributed by atoms with Crippen molar-refractivity contribution < 1.29 is 47.7 Å². The van der Waals surface area contributed by atoms with Crippen LogP contribution in [0.25, 0.3) is 0 Å². The fourth-order valence-electron chi connectivity index (χ4n) is 5.36. The highest BCUT2D eigenvalue weighted by Crippen LogP contribution is 2.19. The zero-order chi connectivity index (χ0) is 42.7. The molecule has 314 valence electrons. The number of nitrogens with zero attached hydrogens (tertiary/aromatic N) is 2. The molecule has 14 nitrogen and oxygen atoms in total. The average Bonchev–Trinajstić information content (AvgIpc) is 2.91. The fourth-order valence-corrected chi connectivity index (χ4v) is 5.36. The largest absolute Gasteiger partial charge is 0.459 e. The molecule has 1 aromatic rings. The Balaban J connectivity index is 3.74. The molecular formula is C41H70N4O10. The lowest BCUT2D eigenvalue weighted by Gasteiger charge is -2.37. The van der Waals surface area contributed by atoms with Crippen LogP contribution in [0.2, 0.25) is 0 Å². The summed E-state index contributed by atoms with van der Waals surface area (Å²) in [6.45, 7) is 27.3. The van der Waals surface area contributed by atoms with Crippen LogP contribution in [0.3, 0.4) is 0 Å². The Kier molecular flexibility index (Phi) is 17.8. The summed E-state index contributed by atoms with van der Waals surface area (Å²) in [5, 5.41) is 3.07. The average molecular weight is 779 g/mol. The molecule has 0 saturated carbocycles. The van der Waals surface area contributed by atoms with Gasteiger partial charge in [-0.05, 0) is 135 Å². The number of ether oxygens (including phenoxy) is 5. The summed E-state index contributed by atoms with van der Waals surface area (Å²) >= 11 is 0. The Labute approximate surface area is 329 Å². The molecule has 1 rings (SSSR count). The van der Waals surface area contributed by atoms with Crippen molar-refractivity contribution in [3.8, 4) is 0 Å². The van der Waals surface area contributed by atoms with Crippen molar-refractivity contribution in [1.82, 2.24) is 15.1 Å². The van der Waals surface area contributed by atoms with E-state index >= 15 is 0 Å². The number of carbonyl (C=O) groups excluding carboxylic acids is 5. The van der Waals surface area contributed by atoms with Crippen molar-refractivity contribution in [2.24, 2.45) is 0 Å². The quantitative estimate of drug-likeness (QED) is 0.0951. The van der Waals surface area contributed by atoms with Crippen LogP contribution < -0.4 is 11.1 Å². The van der Waals surface area contributed by atoms with E-state index in [4.69, 9.17) is 29.4 Å². The maximum absolute atomic E-state index is 13.4. The van der Waals surface area contributed by atoms with E-state index in [1.807, 2.05) is 12.1 Å². The summed E-state index contributed by atoms with van der Waals surface area (Å²) in [7, 11) is 0. The van der Waals surface area contributed by atoms with Crippen molar-refractivity contribution in [1.29, 1.82) is 0 Å². The normalized spacial score (nSPS) is 14.0. The van der Waals surface area contributed by atoms with Gasteiger partial charge in [-0.3, -0.25) is 29.5 Å². The standard InChI is InChI=1S/C41H70N4O10/c1-27(43-34(35(49)54-40(11,12)13)36(50)55-41(14,15)16)22-44(24-31(46)51-37(2,3)4)23-30(21-28-17-19-29(42)20-18-28)45(25-32(47)52-38(5,6)7)26-33(48)53-39(8,9)10/h17-20,27,30,34,43H,21-26,42H2,1-16H3/t27-,30-/m1/s1. The van der Waals surface area contributed by atoms with Gasteiger partial charge in [0.2, 0.25) is 6.04 Å². The summed E-state index contributed by atoms with van der Waals surface area (Å²) in [5.74, 6) is -3.24. The molecule has 0 spiro atoms. The summed E-state index contributed by atoms with van der Waals surface area (Å²) in [6.07, 6.45) is 0.330. The van der Waals surface area contributed by atoms with Gasteiger partial charge in [0.25, 0.3) is 0 Å². The zero-order valence-electron chi connectivity index (χ0n) is 36.3. The minimum absolute atomic E-state index is 0.117. The number of hydrogen-bond donors (Lipinski definition) is 2. The first-order chi connectivity index (χ1) is 24.7. The molecule has 3 N–H and O–H groups in total. The van der Waals surface area contributed by atoms with Crippen LogP contribution in [-0.2, 0) is 54.1 Å². The third-order valence-electron chi connectivity index (χ3n) is 6.98. The lowest BCUT2D eigenvalue weighted by Crippen LogP contribution is -2.56. The highest BCUT2D eigenvalue weighted by molar-refractivity contribution is 5.99. The van der Waals surface area contributed by atoms with Gasteiger partial charge in [-0.1, -0.05) is 12.1 Å². The number of benzene rings is 1. The Morgan fingerprint density at radius 3 is 1.31 bits per heavy atom. The number of nitrogens with two attached hydrogens (primary N) is 1. The van der Waals surface area contributed by atoms with Gasteiger partial charge in [-0.15, -0.1) is 0 Å². The number of nitrogens with one attached hydrogen (secondary N) is 1. The Morgan fingerprint density at radius 1 is 0.582 bits per heavy atom. The summed E-state index contributed by atoms with van der Waals surface area (Å²) in [4.78, 5) is 70.3. The van der Waals surface area contributed by atoms with E-state index in [2.05, 4.69) is 5.32 Å². The second-order valence-electron chi connectivity index (χ2n) is 19.0. The number of esters is 5. The van der Waals surface area contributed by atoms with Gasteiger partial charge in [-0.2, -0.15) is 0 Å². The van der Waals surface area contributed by atoms with Gasteiger partial charge >= 0.3 is 29.8 Å². The molecule has 55 heavy (non-hydrogen) atoms. The molecule has 0 saturated heterocycles. The molecule has 0 aliphatic rings. The Bertz CT molecular complexity index is 1370. The molecule has 0 aliphatic carbocycles. The predicted molar refractivity (Wildman–Crippen MR) is 212 cm³/mol. The monoisotopic (exact) mass is 779 g/mol. The van der Waals surface area contributed by atoms with Crippen LogP contribution in [0.15, 0.2) is 24.3 Å². The van der Waals surface area contributed by atoms with Crippen LogP contribution in [0.1, 0.15) is 116 Å². The summed E-state index contributed by atoms with van der Waals surface area (Å²) in [6, 6.07) is 4.58. The number of carbonyl (C=O) groups is 5. The SMILES string of the molecule is C[C@H](CN(CC(=O)OC(C)(C)C)C[C@@H](Cc1ccc(N)cc1)N(CC(=O)OC(C)(C)C)CC(=O)OC(C)(C)C)NC(C(=O)OC(C)(C)C)C(=O)OC(C)(C)C. The van der Waals surface area contributed by atoms with Crippen LogP contribution >= 0.6 is 0 Å². The van der Waals surface area contributed by atoms with E-state index in [9.17, 15) is 24.0 Å². The highest BCUT2D eigenvalue weighted by atomic mass is 16.6. The molecule has 0 aromatic heterocycles. The molecule has 0 fully saturated rings. The molecule has 2 atom stereocenters. The topological polar surface area (TPSA) is 176 Å². The first-order valence-electron chi connectivity index (χ1n) is 18.9. The molecule has 0 unspecified atom stereocenters. The van der Waals surface area contributed by atoms with Crippen LogP contribution in [0, 0.1) is 0 Å². The fraction of sp³-hybridized carbons (Fsp3) is 0.732. The molecule has 14 heteroatoms. The molecular weight excluding hydrogens is 708 g/mol. The summed E-state index contributed by atoms with van der Waals surface area (Å²) < 4.78 is 28.2. The predicted octanol–water partition coefficient (Wildman–Crippen LogP) is 4.84. The van der Waals surface area contributed by atoms with Gasteiger partial charge < -0.3 is 29.4 Å². The van der Waals surface area contributed by atoms with Crippen molar-refractivity contribution in [3.63, 3.8) is 0 Å². The Morgan fingerprint density at radius 2 is 0.945 bits per heavy atom. The third-order valence-corrected chi connectivity index (χ3v) is 6.98. The van der Waals surface area contributed by atoms with Gasteiger partial charge in [0.1, 0.15) is 28.0 Å². The van der Waals surface area contributed by atoms with E-state index in [-0.39, 0.29) is 32.7 Å². The number of nitrogen functional groups attached to an aromatic ring is 1. The van der Waals surface area contributed by atoms with Gasteiger partial charge in [0.05, 0.1) is 19.6 Å². The van der Waals surface area contributed by atoms with E-state index in [1.165, 1.54) is 0 Å². The number of anilines is 1. The third kappa shape index (κ3) is 23.0. The second-order valence-corrected chi connectivity index (χ2v) is 19.0. The van der Waals surface area contributed by atoms with Gasteiger partial charge in [0.15, 0.2) is 0 Å². The summed E-state index contributed by atoms with van der Waals surface area (Å²) in [5.41, 5.74) is 3.29. The number of rotatable bonds is 17. The zero-order valence-corrected chi connectivity index (χ0v) is 36.3. The van der Waals surface area contributed by atoms with Crippen LogP contribution in [0.4, 0.5) is 5.69 Å². The van der Waals surface area contributed by atoms with Crippen molar-refractivity contribution in [3.05, 3.63) is 29.8 Å². The molecule has 0 radical (unpaired) electrons. The maximum Gasteiger partial charge on any atom is 0.335 e. The molecule has 0 aliphatic heterocycles. The molecule has 0 heterocycles. The van der Waals surface area contributed by atoms with Crippen LogP contribution in [-0.4, -0.2) is 119 Å². The van der Waals surface area contributed by atoms with E-state index < -0.39 is 76.0 Å². The first-order valence-corrected chi connectivity index (χ1v) is 18.9. The lowest BCUT2D eigenvalue weighted by atomic mass is 10.0. The smallest absolute Gasteiger partial charge is 0.335 e. The minimum atomic E-state index is -1.47. The van der Waals surface area contributed by atoms with E-state index in [0.29, 0.717) is 12.1 Å². The van der Waals surface area contributed by atoms with Crippen LogP contribution in [0.5, 0.6) is 0 Å². The molecule has 0 bridgehead atoms. The Hall–Kier alpha value is -3.75.